The Labute approximate surface area is 115 Å². The Balaban J connectivity index is 2.47. The fourth-order valence-electron chi connectivity index (χ4n) is 2.25. The summed E-state index contributed by atoms with van der Waals surface area (Å²) in [6, 6.07) is 14.6. The van der Waals surface area contributed by atoms with Crippen molar-refractivity contribution in [1.82, 2.24) is 0 Å². The summed E-state index contributed by atoms with van der Waals surface area (Å²) in [5.74, 6) is 0. The number of hydrogen-bond acceptors (Lipinski definition) is 1. The molecule has 19 heavy (non-hydrogen) atoms. The topological polar surface area (TPSA) is 20.2 Å². The Bertz CT molecular complexity index is 609. The summed E-state index contributed by atoms with van der Waals surface area (Å²) in [7, 11) is 0. The molecule has 0 aliphatic heterocycles. The molecular weight excluding hydrogens is 232 g/mol. The van der Waals surface area contributed by atoms with Gasteiger partial charge >= 0.3 is 0 Å². The van der Waals surface area contributed by atoms with Gasteiger partial charge in [-0.25, -0.2) is 0 Å². The van der Waals surface area contributed by atoms with E-state index in [-0.39, 0.29) is 6.61 Å². The van der Waals surface area contributed by atoms with Gasteiger partial charge in [0.05, 0.1) is 6.61 Å². The summed E-state index contributed by atoms with van der Waals surface area (Å²) >= 11 is 0. The van der Waals surface area contributed by atoms with Crippen LogP contribution in [0, 0.1) is 20.8 Å². The lowest BCUT2D eigenvalue weighted by Crippen LogP contribution is -1.95. The Morgan fingerprint density at radius 3 is 2.42 bits per heavy atom. The van der Waals surface area contributed by atoms with E-state index in [2.05, 4.69) is 63.2 Å². The molecule has 0 saturated heterocycles. The number of aryl methyl sites for hydroxylation is 3. The van der Waals surface area contributed by atoms with Crippen LogP contribution in [0.2, 0.25) is 0 Å². The molecule has 0 aliphatic rings. The number of hydrogen-bond donors (Lipinski definition) is 1. The molecule has 0 bridgehead atoms. The van der Waals surface area contributed by atoms with Gasteiger partial charge in [-0.2, -0.15) is 0 Å². The van der Waals surface area contributed by atoms with Crippen LogP contribution >= 0.6 is 0 Å². The molecule has 1 nitrogen and oxygen atoms in total. The highest BCUT2D eigenvalue weighted by Crippen LogP contribution is 2.22. The van der Waals surface area contributed by atoms with E-state index >= 15 is 0 Å². The molecule has 2 aromatic carbocycles. The zero-order valence-corrected chi connectivity index (χ0v) is 11.8. The SMILES string of the molecule is Cc1cccc(/C=C(/CO)c2cc(C)ccc2C)c1. The summed E-state index contributed by atoms with van der Waals surface area (Å²) in [5, 5.41) is 9.66. The van der Waals surface area contributed by atoms with Crippen molar-refractivity contribution in [1.29, 1.82) is 0 Å². The second-order valence-electron chi connectivity index (χ2n) is 5.06. The molecule has 0 spiro atoms. The van der Waals surface area contributed by atoms with Gasteiger partial charge in [-0.05, 0) is 49.1 Å². The van der Waals surface area contributed by atoms with Crippen molar-refractivity contribution in [2.45, 2.75) is 20.8 Å². The molecular formula is C18H20O. The van der Waals surface area contributed by atoms with Crippen LogP contribution in [-0.4, -0.2) is 11.7 Å². The van der Waals surface area contributed by atoms with E-state index in [0.29, 0.717) is 0 Å². The smallest absolute Gasteiger partial charge is 0.0687 e. The lowest BCUT2D eigenvalue weighted by molar-refractivity contribution is 0.350. The third-order valence-electron chi connectivity index (χ3n) is 3.29. The standard InChI is InChI=1S/C18H20O/c1-13-5-4-6-16(9-13)11-17(12-19)18-10-14(2)7-8-15(18)3/h4-11,19H,12H2,1-3H3/b17-11-. The minimum absolute atomic E-state index is 0.0538. The zero-order chi connectivity index (χ0) is 13.8. The van der Waals surface area contributed by atoms with Crippen LogP contribution < -0.4 is 0 Å². The highest BCUT2D eigenvalue weighted by Gasteiger charge is 2.05. The highest BCUT2D eigenvalue weighted by atomic mass is 16.3. The Hall–Kier alpha value is -1.86. The predicted molar refractivity (Wildman–Crippen MR) is 82.1 cm³/mol. The van der Waals surface area contributed by atoms with Crippen LogP contribution in [0.25, 0.3) is 11.6 Å². The number of benzene rings is 2. The summed E-state index contributed by atoms with van der Waals surface area (Å²) in [6.07, 6.45) is 2.06. The van der Waals surface area contributed by atoms with Crippen molar-refractivity contribution in [2.75, 3.05) is 6.61 Å². The molecule has 2 rings (SSSR count). The molecule has 98 valence electrons. The molecule has 0 fully saturated rings. The first-order chi connectivity index (χ1) is 9.10. The minimum atomic E-state index is 0.0538. The Morgan fingerprint density at radius 2 is 1.74 bits per heavy atom. The normalized spacial score (nSPS) is 11.7. The van der Waals surface area contributed by atoms with Gasteiger partial charge in [0.15, 0.2) is 0 Å². The lowest BCUT2D eigenvalue weighted by Gasteiger charge is -2.10. The molecule has 0 aliphatic carbocycles. The average molecular weight is 252 g/mol. The second kappa shape index (κ2) is 5.85. The molecule has 0 amide bonds. The number of aliphatic hydroxyl groups is 1. The Kier molecular flexibility index (Phi) is 4.18. The molecule has 0 atom stereocenters. The van der Waals surface area contributed by atoms with Crippen molar-refractivity contribution < 1.29 is 5.11 Å². The van der Waals surface area contributed by atoms with Gasteiger partial charge in [0.25, 0.3) is 0 Å². The van der Waals surface area contributed by atoms with Gasteiger partial charge in [0.1, 0.15) is 0 Å². The van der Waals surface area contributed by atoms with E-state index in [1.165, 1.54) is 16.7 Å². The fraction of sp³-hybridized carbons (Fsp3) is 0.222. The fourth-order valence-corrected chi connectivity index (χ4v) is 2.25. The van der Waals surface area contributed by atoms with Gasteiger partial charge in [-0.15, -0.1) is 0 Å². The monoisotopic (exact) mass is 252 g/mol. The van der Waals surface area contributed by atoms with E-state index < -0.39 is 0 Å². The maximum absolute atomic E-state index is 9.66. The van der Waals surface area contributed by atoms with E-state index in [1.54, 1.807) is 0 Å². The summed E-state index contributed by atoms with van der Waals surface area (Å²) < 4.78 is 0. The van der Waals surface area contributed by atoms with Crippen molar-refractivity contribution >= 4 is 11.6 Å². The van der Waals surface area contributed by atoms with Crippen LogP contribution in [0.1, 0.15) is 27.8 Å². The van der Waals surface area contributed by atoms with Gasteiger partial charge in [-0.3, -0.25) is 0 Å². The lowest BCUT2D eigenvalue weighted by atomic mass is 9.97. The molecule has 1 N–H and O–H groups in total. The van der Waals surface area contributed by atoms with Crippen molar-refractivity contribution in [3.8, 4) is 0 Å². The maximum atomic E-state index is 9.66. The highest BCUT2D eigenvalue weighted by molar-refractivity contribution is 5.83. The van der Waals surface area contributed by atoms with Gasteiger partial charge in [0, 0.05) is 0 Å². The first-order valence-electron chi connectivity index (χ1n) is 6.56. The second-order valence-corrected chi connectivity index (χ2v) is 5.06. The molecule has 0 saturated carbocycles. The van der Waals surface area contributed by atoms with Gasteiger partial charge < -0.3 is 5.11 Å². The van der Waals surface area contributed by atoms with Gasteiger partial charge in [0.2, 0.25) is 0 Å². The predicted octanol–water partition coefficient (Wildman–Crippen LogP) is 4.14. The van der Waals surface area contributed by atoms with E-state index in [1.807, 2.05) is 6.07 Å². The molecule has 0 aromatic heterocycles. The molecule has 1 heteroatoms. The van der Waals surface area contributed by atoms with Gasteiger partial charge in [-0.1, -0.05) is 53.6 Å². The first-order valence-corrected chi connectivity index (χ1v) is 6.56. The van der Waals surface area contributed by atoms with Crippen LogP contribution in [0.3, 0.4) is 0 Å². The summed E-state index contributed by atoms with van der Waals surface area (Å²) in [6.45, 7) is 6.28. The average Bonchev–Trinajstić information content (AvgIpc) is 2.39. The summed E-state index contributed by atoms with van der Waals surface area (Å²) in [5.41, 5.74) is 6.86. The summed E-state index contributed by atoms with van der Waals surface area (Å²) in [4.78, 5) is 0. The maximum Gasteiger partial charge on any atom is 0.0687 e. The molecule has 0 heterocycles. The number of rotatable bonds is 3. The van der Waals surface area contributed by atoms with Crippen molar-refractivity contribution in [2.24, 2.45) is 0 Å². The third-order valence-corrected chi connectivity index (χ3v) is 3.29. The van der Waals surface area contributed by atoms with E-state index in [9.17, 15) is 5.11 Å². The minimum Gasteiger partial charge on any atom is -0.392 e. The quantitative estimate of drug-likeness (QED) is 0.814. The third kappa shape index (κ3) is 3.33. The van der Waals surface area contributed by atoms with Crippen LogP contribution in [0.4, 0.5) is 0 Å². The van der Waals surface area contributed by atoms with Crippen LogP contribution in [-0.2, 0) is 0 Å². The molecule has 2 aromatic rings. The zero-order valence-electron chi connectivity index (χ0n) is 11.8. The van der Waals surface area contributed by atoms with E-state index in [4.69, 9.17) is 0 Å². The largest absolute Gasteiger partial charge is 0.392 e. The van der Waals surface area contributed by atoms with Crippen molar-refractivity contribution in [3.63, 3.8) is 0 Å². The van der Waals surface area contributed by atoms with Crippen LogP contribution in [0.5, 0.6) is 0 Å². The Morgan fingerprint density at radius 1 is 1.00 bits per heavy atom. The molecule has 0 radical (unpaired) electrons. The molecule has 0 unspecified atom stereocenters. The van der Waals surface area contributed by atoms with Crippen LogP contribution in [0.15, 0.2) is 42.5 Å². The first kappa shape index (κ1) is 13.6. The van der Waals surface area contributed by atoms with Crippen molar-refractivity contribution in [3.05, 3.63) is 70.3 Å². The number of aliphatic hydroxyl groups excluding tert-OH is 1. The van der Waals surface area contributed by atoms with E-state index in [0.717, 1.165) is 16.7 Å².